The number of hydrogen-bond acceptors (Lipinski definition) is 2. The van der Waals surface area contributed by atoms with Crippen LogP contribution in [0.3, 0.4) is 0 Å². The Morgan fingerprint density at radius 3 is 2.95 bits per heavy atom. The molecule has 3 rings (SSSR count). The first-order valence-electron chi connectivity index (χ1n) is 6.45. The third-order valence-corrected chi connectivity index (χ3v) is 3.83. The van der Waals surface area contributed by atoms with E-state index >= 15 is 0 Å². The summed E-state index contributed by atoms with van der Waals surface area (Å²) in [4.78, 5) is 2.37. The molecule has 2 aromatic rings. The number of halogens is 1. The average molecular weight is 318 g/mol. The van der Waals surface area contributed by atoms with Crippen molar-refractivity contribution in [2.24, 2.45) is 0 Å². The monoisotopic (exact) mass is 317 g/mol. The lowest BCUT2D eigenvalue weighted by molar-refractivity contribution is 0.307. The summed E-state index contributed by atoms with van der Waals surface area (Å²) in [6, 6.07) is 14.9. The molecule has 0 fully saturated rings. The largest absolute Gasteiger partial charge is 0.490 e. The van der Waals surface area contributed by atoms with Crippen molar-refractivity contribution < 1.29 is 4.74 Å². The lowest BCUT2D eigenvalue weighted by Crippen LogP contribution is -2.32. The third-order valence-electron chi connectivity index (χ3n) is 3.34. The number of fused-ring (bicyclic) bond motifs is 1. The summed E-state index contributed by atoms with van der Waals surface area (Å²) in [7, 11) is 0. The van der Waals surface area contributed by atoms with Crippen LogP contribution in [0.25, 0.3) is 0 Å². The molecule has 2 nitrogen and oxygen atoms in total. The highest BCUT2D eigenvalue weighted by molar-refractivity contribution is 9.10. The predicted molar refractivity (Wildman–Crippen MR) is 81.9 cm³/mol. The van der Waals surface area contributed by atoms with Crippen LogP contribution in [0.2, 0.25) is 0 Å². The van der Waals surface area contributed by atoms with Gasteiger partial charge in [-0.15, -0.1) is 0 Å². The minimum atomic E-state index is 0.750. The van der Waals surface area contributed by atoms with Crippen LogP contribution in [-0.2, 0) is 6.54 Å². The first kappa shape index (κ1) is 12.5. The first-order valence-corrected chi connectivity index (χ1v) is 7.24. The Kier molecular flexibility index (Phi) is 3.47. The van der Waals surface area contributed by atoms with Crippen molar-refractivity contribution in [1.82, 2.24) is 0 Å². The van der Waals surface area contributed by atoms with Gasteiger partial charge in [-0.2, -0.15) is 0 Å². The maximum atomic E-state index is 5.71. The van der Waals surface area contributed by atoms with Gasteiger partial charge < -0.3 is 9.64 Å². The van der Waals surface area contributed by atoms with Gasteiger partial charge in [0.2, 0.25) is 0 Å². The number of ether oxygens (including phenoxy) is 1. The highest BCUT2D eigenvalue weighted by Crippen LogP contribution is 2.34. The summed E-state index contributed by atoms with van der Waals surface area (Å²) in [5.74, 6) is 0.974. The molecular weight excluding hydrogens is 302 g/mol. The molecular formula is C16H16BrNO. The Balaban J connectivity index is 1.89. The summed E-state index contributed by atoms with van der Waals surface area (Å²) in [6.45, 7) is 4.74. The summed E-state index contributed by atoms with van der Waals surface area (Å²) in [5, 5.41) is 0. The smallest absolute Gasteiger partial charge is 0.142 e. The number of aryl methyl sites for hydroxylation is 1. The maximum absolute atomic E-state index is 5.71. The molecule has 0 atom stereocenters. The number of nitrogens with zero attached hydrogens (tertiary/aromatic N) is 1. The SMILES string of the molecule is Cc1cccc(CN2CCOc3ccc(Br)cc32)c1. The van der Waals surface area contributed by atoms with Crippen molar-refractivity contribution >= 4 is 21.6 Å². The Hall–Kier alpha value is -1.48. The molecule has 0 unspecified atom stereocenters. The topological polar surface area (TPSA) is 12.5 Å². The molecule has 0 aliphatic carbocycles. The Labute approximate surface area is 122 Å². The quantitative estimate of drug-likeness (QED) is 0.824. The Bertz CT molecular complexity index is 597. The third kappa shape index (κ3) is 2.76. The number of anilines is 1. The van der Waals surface area contributed by atoms with Crippen molar-refractivity contribution in [3.63, 3.8) is 0 Å². The minimum absolute atomic E-state index is 0.750. The van der Waals surface area contributed by atoms with Gasteiger partial charge in [0.15, 0.2) is 0 Å². The second-order valence-electron chi connectivity index (χ2n) is 4.87. The van der Waals surface area contributed by atoms with E-state index in [1.54, 1.807) is 0 Å². The van der Waals surface area contributed by atoms with Gasteiger partial charge in [-0.05, 0) is 30.7 Å². The Morgan fingerprint density at radius 2 is 2.11 bits per heavy atom. The van der Waals surface area contributed by atoms with Gasteiger partial charge in [0, 0.05) is 11.0 Å². The molecule has 1 aliphatic rings. The van der Waals surface area contributed by atoms with Gasteiger partial charge in [0.1, 0.15) is 12.4 Å². The molecule has 0 bridgehead atoms. The van der Waals surface area contributed by atoms with E-state index in [1.165, 1.54) is 16.8 Å². The molecule has 0 radical (unpaired) electrons. The second-order valence-corrected chi connectivity index (χ2v) is 5.79. The van der Waals surface area contributed by atoms with Crippen molar-refractivity contribution in [3.8, 4) is 5.75 Å². The lowest BCUT2D eigenvalue weighted by Gasteiger charge is -2.31. The van der Waals surface area contributed by atoms with Gasteiger partial charge in [-0.1, -0.05) is 45.8 Å². The molecule has 0 saturated heterocycles. The van der Waals surface area contributed by atoms with Crippen LogP contribution in [0.1, 0.15) is 11.1 Å². The average Bonchev–Trinajstić information content (AvgIpc) is 2.39. The van der Waals surface area contributed by atoms with E-state index in [-0.39, 0.29) is 0 Å². The van der Waals surface area contributed by atoms with E-state index in [9.17, 15) is 0 Å². The van der Waals surface area contributed by atoms with Crippen LogP contribution >= 0.6 is 15.9 Å². The van der Waals surface area contributed by atoms with Crippen molar-refractivity contribution in [2.75, 3.05) is 18.1 Å². The predicted octanol–water partition coefficient (Wildman–Crippen LogP) is 4.16. The zero-order chi connectivity index (χ0) is 13.2. The molecule has 0 N–H and O–H groups in total. The maximum Gasteiger partial charge on any atom is 0.142 e. The lowest BCUT2D eigenvalue weighted by atomic mass is 10.1. The van der Waals surface area contributed by atoms with Crippen molar-refractivity contribution in [2.45, 2.75) is 13.5 Å². The summed E-state index contributed by atoms with van der Waals surface area (Å²) in [5.41, 5.74) is 3.81. The molecule has 0 saturated carbocycles. The van der Waals surface area contributed by atoms with Crippen molar-refractivity contribution in [1.29, 1.82) is 0 Å². The molecule has 0 aromatic heterocycles. The zero-order valence-electron chi connectivity index (χ0n) is 10.9. The minimum Gasteiger partial charge on any atom is -0.490 e. The number of hydrogen-bond donors (Lipinski definition) is 0. The zero-order valence-corrected chi connectivity index (χ0v) is 12.5. The fourth-order valence-electron chi connectivity index (χ4n) is 2.44. The molecule has 19 heavy (non-hydrogen) atoms. The molecule has 3 heteroatoms. The van der Waals surface area contributed by atoms with Crippen LogP contribution in [0.4, 0.5) is 5.69 Å². The fraction of sp³-hybridized carbons (Fsp3) is 0.250. The molecule has 0 spiro atoms. The van der Waals surface area contributed by atoms with E-state index in [0.717, 1.165) is 29.9 Å². The van der Waals surface area contributed by atoms with E-state index in [1.807, 2.05) is 12.1 Å². The summed E-state index contributed by atoms with van der Waals surface area (Å²) in [6.07, 6.45) is 0. The van der Waals surface area contributed by atoms with E-state index in [0.29, 0.717) is 0 Å². The fourth-order valence-corrected chi connectivity index (χ4v) is 2.79. The van der Waals surface area contributed by atoms with Crippen LogP contribution < -0.4 is 9.64 Å². The number of benzene rings is 2. The van der Waals surface area contributed by atoms with E-state index in [2.05, 4.69) is 58.1 Å². The second kappa shape index (κ2) is 5.25. The normalized spacial score (nSPS) is 13.9. The highest BCUT2D eigenvalue weighted by atomic mass is 79.9. The highest BCUT2D eigenvalue weighted by Gasteiger charge is 2.18. The molecule has 1 aliphatic heterocycles. The first-order chi connectivity index (χ1) is 9.22. The number of rotatable bonds is 2. The van der Waals surface area contributed by atoms with Crippen LogP contribution in [0, 0.1) is 6.92 Å². The van der Waals surface area contributed by atoms with Crippen LogP contribution in [0.5, 0.6) is 5.75 Å². The van der Waals surface area contributed by atoms with Crippen molar-refractivity contribution in [3.05, 3.63) is 58.1 Å². The van der Waals surface area contributed by atoms with Gasteiger partial charge in [0.25, 0.3) is 0 Å². The van der Waals surface area contributed by atoms with Gasteiger partial charge in [0.05, 0.1) is 12.2 Å². The van der Waals surface area contributed by atoms with E-state index < -0.39 is 0 Å². The van der Waals surface area contributed by atoms with Gasteiger partial charge in [-0.3, -0.25) is 0 Å². The summed E-state index contributed by atoms with van der Waals surface area (Å²) < 4.78 is 6.80. The van der Waals surface area contributed by atoms with Gasteiger partial charge in [-0.25, -0.2) is 0 Å². The Morgan fingerprint density at radius 1 is 1.21 bits per heavy atom. The standard InChI is InChI=1S/C16H16BrNO/c1-12-3-2-4-13(9-12)11-18-7-8-19-16-6-5-14(17)10-15(16)18/h2-6,9-10H,7-8,11H2,1H3. The molecule has 98 valence electrons. The van der Waals surface area contributed by atoms with Crippen LogP contribution in [-0.4, -0.2) is 13.2 Å². The van der Waals surface area contributed by atoms with Gasteiger partial charge >= 0.3 is 0 Å². The van der Waals surface area contributed by atoms with E-state index in [4.69, 9.17) is 4.74 Å². The summed E-state index contributed by atoms with van der Waals surface area (Å²) >= 11 is 3.53. The van der Waals surface area contributed by atoms with Crippen LogP contribution in [0.15, 0.2) is 46.9 Å². The molecule has 1 heterocycles. The molecule has 2 aromatic carbocycles. The molecule has 0 amide bonds.